The van der Waals surface area contributed by atoms with Gasteiger partial charge in [0, 0.05) is 37.8 Å². The standard InChI is InChI=1S/C20H21F2N3O3/c1-24-8-10-25(11-9-24)13-19(26)14-2-5-16(6-3-14)28-20(27)23-18-12-15(21)4-7-17(18)22/h2-7,12H,8-11,13H2,1H3,(H,23,27). The minimum Gasteiger partial charge on any atom is -0.410 e. The van der Waals surface area contributed by atoms with Crippen molar-refractivity contribution in [3.8, 4) is 5.75 Å². The number of likely N-dealkylation sites (N-methyl/N-ethyl adjacent to an activating group) is 1. The number of piperazine rings is 1. The molecule has 0 radical (unpaired) electrons. The van der Waals surface area contributed by atoms with Crippen LogP contribution >= 0.6 is 0 Å². The van der Waals surface area contributed by atoms with Gasteiger partial charge >= 0.3 is 6.09 Å². The van der Waals surface area contributed by atoms with Crippen LogP contribution in [-0.2, 0) is 0 Å². The van der Waals surface area contributed by atoms with Gasteiger partial charge in [0.25, 0.3) is 0 Å². The molecular formula is C20H21F2N3O3. The van der Waals surface area contributed by atoms with Crippen LogP contribution in [0, 0.1) is 11.6 Å². The average molecular weight is 389 g/mol. The van der Waals surface area contributed by atoms with E-state index in [2.05, 4.69) is 22.2 Å². The molecular weight excluding hydrogens is 368 g/mol. The van der Waals surface area contributed by atoms with Gasteiger partial charge in [0.05, 0.1) is 12.2 Å². The summed E-state index contributed by atoms with van der Waals surface area (Å²) in [6.45, 7) is 3.90. The number of carbonyl (C=O) groups is 2. The Morgan fingerprint density at radius 2 is 1.71 bits per heavy atom. The molecule has 0 bridgehead atoms. The van der Waals surface area contributed by atoms with E-state index < -0.39 is 17.7 Å². The summed E-state index contributed by atoms with van der Waals surface area (Å²) in [6, 6.07) is 8.83. The monoisotopic (exact) mass is 389 g/mol. The highest BCUT2D eigenvalue weighted by atomic mass is 19.1. The number of ether oxygens (including phenoxy) is 1. The van der Waals surface area contributed by atoms with Crippen LogP contribution in [0.1, 0.15) is 10.4 Å². The fraction of sp³-hybridized carbons (Fsp3) is 0.300. The molecule has 6 nitrogen and oxygen atoms in total. The summed E-state index contributed by atoms with van der Waals surface area (Å²) in [7, 11) is 2.05. The van der Waals surface area contributed by atoms with Crippen molar-refractivity contribution in [1.82, 2.24) is 9.80 Å². The van der Waals surface area contributed by atoms with Gasteiger partial charge in [-0.1, -0.05) is 0 Å². The first-order chi connectivity index (χ1) is 13.4. The molecule has 1 amide bonds. The lowest BCUT2D eigenvalue weighted by Gasteiger charge is -2.31. The molecule has 0 unspecified atom stereocenters. The van der Waals surface area contributed by atoms with Crippen molar-refractivity contribution in [2.75, 3.05) is 45.1 Å². The molecule has 1 saturated heterocycles. The number of hydrogen-bond donors (Lipinski definition) is 1. The van der Waals surface area contributed by atoms with Crippen molar-refractivity contribution in [1.29, 1.82) is 0 Å². The zero-order chi connectivity index (χ0) is 20.1. The molecule has 1 fully saturated rings. The predicted octanol–water partition coefficient (Wildman–Crippen LogP) is 3.01. The van der Waals surface area contributed by atoms with Crippen molar-refractivity contribution < 1.29 is 23.1 Å². The quantitative estimate of drug-likeness (QED) is 0.797. The zero-order valence-corrected chi connectivity index (χ0v) is 15.5. The summed E-state index contributed by atoms with van der Waals surface area (Å²) in [5.41, 5.74) is 0.201. The van der Waals surface area contributed by atoms with E-state index in [0.29, 0.717) is 12.1 Å². The van der Waals surface area contributed by atoms with E-state index in [0.717, 1.165) is 44.4 Å². The minimum atomic E-state index is -0.957. The van der Waals surface area contributed by atoms with E-state index >= 15 is 0 Å². The lowest BCUT2D eigenvalue weighted by molar-refractivity contribution is 0.0876. The highest BCUT2D eigenvalue weighted by Gasteiger charge is 2.17. The highest BCUT2D eigenvalue weighted by Crippen LogP contribution is 2.18. The molecule has 1 aliphatic rings. The number of halogens is 2. The van der Waals surface area contributed by atoms with Gasteiger partial charge in [-0.05, 0) is 43.4 Å². The minimum absolute atomic E-state index is 0.0117. The first-order valence-electron chi connectivity index (χ1n) is 8.89. The van der Waals surface area contributed by atoms with E-state index in [1.807, 2.05) is 0 Å². The predicted molar refractivity (Wildman–Crippen MR) is 101 cm³/mol. The van der Waals surface area contributed by atoms with E-state index in [1.165, 1.54) is 12.1 Å². The van der Waals surface area contributed by atoms with E-state index in [4.69, 9.17) is 4.74 Å². The molecule has 0 aromatic heterocycles. The fourth-order valence-electron chi connectivity index (χ4n) is 2.85. The molecule has 0 aliphatic carbocycles. The molecule has 8 heteroatoms. The summed E-state index contributed by atoms with van der Waals surface area (Å²) in [5.74, 6) is -1.28. The second kappa shape index (κ2) is 8.90. The lowest BCUT2D eigenvalue weighted by atomic mass is 10.1. The Balaban J connectivity index is 1.54. The van der Waals surface area contributed by atoms with Crippen molar-refractivity contribution in [3.05, 3.63) is 59.7 Å². The number of Topliss-reactive ketones (excluding diaryl/α,β-unsaturated/α-hetero) is 1. The number of amides is 1. The Morgan fingerprint density at radius 3 is 2.39 bits per heavy atom. The molecule has 2 aromatic carbocycles. The number of rotatable bonds is 5. The van der Waals surface area contributed by atoms with Gasteiger partial charge in [0.15, 0.2) is 5.78 Å². The van der Waals surface area contributed by atoms with Crippen molar-refractivity contribution in [3.63, 3.8) is 0 Å². The van der Waals surface area contributed by atoms with Crippen LogP contribution < -0.4 is 10.1 Å². The third-order valence-electron chi connectivity index (χ3n) is 4.52. The number of ketones is 1. The largest absolute Gasteiger partial charge is 0.417 e. The summed E-state index contributed by atoms with van der Waals surface area (Å²) in [6.07, 6.45) is -0.957. The molecule has 3 rings (SSSR count). The van der Waals surface area contributed by atoms with Crippen LogP contribution in [-0.4, -0.2) is 61.4 Å². The molecule has 1 N–H and O–H groups in total. The van der Waals surface area contributed by atoms with Crippen LogP contribution in [0.3, 0.4) is 0 Å². The number of anilines is 1. The Bertz CT molecular complexity index is 850. The highest BCUT2D eigenvalue weighted by molar-refractivity contribution is 5.97. The van der Waals surface area contributed by atoms with Gasteiger partial charge in [-0.15, -0.1) is 0 Å². The molecule has 148 valence electrons. The number of hydrogen-bond acceptors (Lipinski definition) is 5. The number of carbonyl (C=O) groups excluding carboxylic acids is 2. The molecule has 0 atom stereocenters. The van der Waals surface area contributed by atoms with Gasteiger partial charge in [-0.3, -0.25) is 15.0 Å². The third-order valence-corrected chi connectivity index (χ3v) is 4.52. The molecule has 1 heterocycles. The Morgan fingerprint density at radius 1 is 1.04 bits per heavy atom. The maximum Gasteiger partial charge on any atom is 0.417 e. The van der Waals surface area contributed by atoms with Crippen molar-refractivity contribution >= 4 is 17.6 Å². The summed E-state index contributed by atoms with van der Waals surface area (Å²) >= 11 is 0. The summed E-state index contributed by atoms with van der Waals surface area (Å²) in [5, 5.41) is 2.14. The normalized spacial score (nSPS) is 15.2. The van der Waals surface area contributed by atoms with Gasteiger partial charge < -0.3 is 9.64 Å². The first-order valence-corrected chi connectivity index (χ1v) is 8.89. The lowest BCUT2D eigenvalue weighted by Crippen LogP contribution is -2.46. The Labute approximate surface area is 161 Å². The summed E-state index contributed by atoms with van der Waals surface area (Å²) in [4.78, 5) is 28.6. The van der Waals surface area contributed by atoms with Crippen LogP contribution in [0.2, 0.25) is 0 Å². The van der Waals surface area contributed by atoms with Crippen LogP contribution in [0.15, 0.2) is 42.5 Å². The smallest absolute Gasteiger partial charge is 0.410 e. The third kappa shape index (κ3) is 5.34. The average Bonchev–Trinajstić information content (AvgIpc) is 2.67. The molecule has 28 heavy (non-hydrogen) atoms. The van der Waals surface area contributed by atoms with E-state index in [1.54, 1.807) is 12.1 Å². The molecule has 0 saturated carbocycles. The molecule has 2 aromatic rings. The fourth-order valence-corrected chi connectivity index (χ4v) is 2.85. The first kappa shape index (κ1) is 19.9. The van der Waals surface area contributed by atoms with Gasteiger partial charge in [0.2, 0.25) is 0 Å². The Kier molecular flexibility index (Phi) is 6.33. The maximum atomic E-state index is 13.5. The number of nitrogens with one attached hydrogen (secondary N) is 1. The topological polar surface area (TPSA) is 61.9 Å². The second-order valence-corrected chi connectivity index (χ2v) is 6.67. The second-order valence-electron chi connectivity index (χ2n) is 6.67. The molecule has 1 aliphatic heterocycles. The van der Waals surface area contributed by atoms with Crippen LogP contribution in [0.4, 0.5) is 19.3 Å². The van der Waals surface area contributed by atoms with Gasteiger partial charge in [0.1, 0.15) is 17.4 Å². The summed E-state index contributed by atoms with van der Waals surface area (Å²) < 4.78 is 31.7. The zero-order valence-electron chi connectivity index (χ0n) is 15.5. The van der Waals surface area contributed by atoms with E-state index in [-0.39, 0.29) is 17.2 Å². The van der Waals surface area contributed by atoms with Crippen LogP contribution in [0.25, 0.3) is 0 Å². The molecule has 0 spiro atoms. The van der Waals surface area contributed by atoms with Crippen LogP contribution in [0.5, 0.6) is 5.75 Å². The SMILES string of the molecule is CN1CCN(CC(=O)c2ccc(OC(=O)Nc3cc(F)ccc3F)cc2)CC1. The Hall–Kier alpha value is -2.84. The maximum absolute atomic E-state index is 13.5. The number of nitrogens with zero attached hydrogens (tertiary/aromatic N) is 2. The van der Waals surface area contributed by atoms with Crippen molar-refractivity contribution in [2.45, 2.75) is 0 Å². The number of benzene rings is 2. The van der Waals surface area contributed by atoms with Gasteiger partial charge in [-0.2, -0.15) is 0 Å². The van der Waals surface area contributed by atoms with Crippen molar-refractivity contribution in [2.24, 2.45) is 0 Å². The van der Waals surface area contributed by atoms with E-state index in [9.17, 15) is 18.4 Å². The van der Waals surface area contributed by atoms with Gasteiger partial charge in [-0.25, -0.2) is 13.6 Å².